The Morgan fingerprint density at radius 2 is 1.93 bits per heavy atom. The van der Waals surface area contributed by atoms with Crippen LogP contribution < -0.4 is 17.0 Å². The van der Waals surface area contributed by atoms with Crippen molar-refractivity contribution in [2.45, 2.75) is 19.6 Å². The molecule has 0 rings (SSSR count). The summed E-state index contributed by atoms with van der Waals surface area (Å²) < 4.78 is 5.44. The summed E-state index contributed by atoms with van der Waals surface area (Å²) in [6.07, 6.45) is -0.598. The minimum absolute atomic E-state index is 0. The number of halogens is 1. The molecular formula is C10H20BrNO3. The topological polar surface area (TPSA) is 46.5 Å². The molecule has 1 unspecified atom stereocenters. The molecule has 0 aliphatic heterocycles. The van der Waals surface area contributed by atoms with Crippen LogP contribution in [0.3, 0.4) is 0 Å². The van der Waals surface area contributed by atoms with E-state index in [4.69, 9.17) is 4.74 Å². The van der Waals surface area contributed by atoms with Gasteiger partial charge in [0.1, 0.15) is 0 Å². The second kappa shape index (κ2) is 6.98. The third-order valence-corrected chi connectivity index (χ3v) is 1.64. The Kier molecular flexibility index (Phi) is 7.92. The van der Waals surface area contributed by atoms with E-state index in [2.05, 4.69) is 6.58 Å². The van der Waals surface area contributed by atoms with Crippen molar-refractivity contribution in [3.8, 4) is 0 Å². The van der Waals surface area contributed by atoms with Crippen LogP contribution in [0.4, 0.5) is 0 Å². The summed E-state index contributed by atoms with van der Waals surface area (Å²) in [5.41, 5.74) is 0.300. The summed E-state index contributed by atoms with van der Waals surface area (Å²) >= 11 is 0. The minimum Gasteiger partial charge on any atom is -1.00 e. The highest BCUT2D eigenvalue weighted by Gasteiger charge is 2.15. The molecule has 0 saturated carbocycles. The molecule has 1 atom stereocenters. The van der Waals surface area contributed by atoms with Crippen molar-refractivity contribution in [1.29, 1.82) is 0 Å². The third kappa shape index (κ3) is 9.90. The van der Waals surface area contributed by atoms with Gasteiger partial charge >= 0.3 is 5.97 Å². The summed E-state index contributed by atoms with van der Waals surface area (Å²) in [7, 11) is 6.02. The van der Waals surface area contributed by atoms with E-state index in [1.54, 1.807) is 6.92 Å². The molecule has 0 aliphatic carbocycles. The predicted octanol–water partition coefficient (Wildman–Crippen LogP) is -2.48. The number of quaternary nitrogens is 1. The number of nitrogens with zero attached hydrogens (tertiary/aromatic N) is 1. The van der Waals surface area contributed by atoms with E-state index in [0.717, 1.165) is 11.0 Å². The lowest BCUT2D eigenvalue weighted by Crippen LogP contribution is -3.00. The van der Waals surface area contributed by atoms with Crippen LogP contribution in [0.1, 0.15) is 13.3 Å². The minimum atomic E-state index is -1.03. The standard InChI is InChI=1S/C10H20NO3.BrH/c1-8(2)10(13)14-9(12)6-7-11(3,4)5;/h9,12H,1,6-7H2,2-5H3;1H/q+1;/p-1. The average Bonchev–Trinajstić information content (AvgIpc) is 1.99. The third-order valence-electron chi connectivity index (χ3n) is 1.64. The Bertz CT molecular complexity index is 223. The lowest BCUT2D eigenvalue weighted by molar-refractivity contribution is -0.871. The summed E-state index contributed by atoms with van der Waals surface area (Å²) in [4.78, 5) is 11.0. The highest BCUT2D eigenvalue weighted by molar-refractivity contribution is 5.86. The highest BCUT2D eigenvalue weighted by Crippen LogP contribution is 2.02. The molecule has 0 amide bonds. The van der Waals surface area contributed by atoms with Gasteiger partial charge in [0.2, 0.25) is 6.29 Å². The molecular weight excluding hydrogens is 262 g/mol. The molecule has 0 fully saturated rings. The van der Waals surface area contributed by atoms with Crippen LogP contribution >= 0.6 is 0 Å². The summed E-state index contributed by atoms with van der Waals surface area (Å²) in [6.45, 7) is 5.72. The number of aliphatic hydroxyl groups excluding tert-OH is 1. The van der Waals surface area contributed by atoms with Crippen molar-refractivity contribution >= 4 is 5.97 Å². The van der Waals surface area contributed by atoms with Crippen molar-refractivity contribution in [3.05, 3.63) is 12.2 Å². The molecule has 0 heterocycles. The zero-order chi connectivity index (χ0) is 11.4. The Balaban J connectivity index is 0. The summed E-state index contributed by atoms with van der Waals surface area (Å²) in [5.74, 6) is -0.543. The molecule has 15 heavy (non-hydrogen) atoms. The molecule has 0 aromatic heterocycles. The molecule has 0 radical (unpaired) electrons. The second-order valence-electron chi connectivity index (χ2n) is 4.44. The summed E-state index contributed by atoms with van der Waals surface area (Å²) in [6, 6.07) is 0. The van der Waals surface area contributed by atoms with Crippen molar-refractivity contribution in [2.75, 3.05) is 27.7 Å². The first-order valence-corrected chi connectivity index (χ1v) is 4.57. The fourth-order valence-corrected chi connectivity index (χ4v) is 0.781. The van der Waals surface area contributed by atoms with E-state index in [1.807, 2.05) is 21.1 Å². The van der Waals surface area contributed by atoms with Gasteiger partial charge in [0.25, 0.3) is 0 Å². The van der Waals surface area contributed by atoms with Crippen LogP contribution in [0.25, 0.3) is 0 Å². The number of aliphatic hydroxyl groups is 1. The number of hydrogen-bond donors (Lipinski definition) is 1. The number of esters is 1. The van der Waals surface area contributed by atoms with Crippen LogP contribution in [-0.2, 0) is 9.53 Å². The maximum Gasteiger partial charge on any atom is 0.335 e. The zero-order valence-electron chi connectivity index (χ0n) is 9.79. The van der Waals surface area contributed by atoms with Gasteiger partial charge in [-0.05, 0) is 6.92 Å². The van der Waals surface area contributed by atoms with E-state index in [-0.39, 0.29) is 17.0 Å². The van der Waals surface area contributed by atoms with Crippen LogP contribution in [-0.4, -0.2) is 49.5 Å². The molecule has 1 N–H and O–H groups in total. The molecule has 0 saturated heterocycles. The van der Waals surface area contributed by atoms with Gasteiger partial charge < -0.3 is 31.3 Å². The number of carbonyl (C=O) groups excluding carboxylic acids is 1. The van der Waals surface area contributed by atoms with E-state index >= 15 is 0 Å². The van der Waals surface area contributed by atoms with Gasteiger partial charge in [-0.15, -0.1) is 0 Å². The van der Waals surface area contributed by atoms with Crippen molar-refractivity contribution in [1.82, 2.24) is 0 Å². The van der Waals surface area contributed by atoms with Gasteiger partial charge in [-0.1, -0.05) is 6.58 Å². The molecule has 4 nitrogen and oxygen atoms in total. The van der Waals surface area contributed by atoms with Gasteiger partial charge in [0.15, 0.2) is 0 Å². The first kappa shape index (κ1) is 17.0. The highest BCUT2D eigenvalue weighted by atomic mass is 79.9. The molecule has 0 spiro atoms. The normalized spacial score (nSPS) is 12.6. The average molecular weight is 282 g/mol. The molecule has 5 heteroatoms. The first-order chi connectivity index (χ1) is 6.22. The number of hydrogen-bond acceptors (Lipinski definition) is 3. The number of rotatable bonds is 5. The molecule has 0 aromatic rings. The maximum absolute atomic E-state index is 11.0. The van der Waals surface area contributed by atoms with Gasteiger partial charge in [-0.3, -0.25) is 0 Å². The maximum atomic E-state index is 11.0. The Hall–Kier alpha value is -0.390. The van der Waals surface area contributed by atoms with Crippen molar-refractivity contribution in [3.63, 3.8) is 0 Å². The summed E-state index contributed by atoms with van der Waals surface area (Å²) in [5, 5.41) is 9.34. The lowest BCUT2D eigenvalue weighted by Gasteiger charge is -2.24. The van der Waals surface area contributed by atoms with E-state index in [1.165, 1.54) is 0 Å². The van der Waals surface area contributed by atoms with Crippen LogP contribution in [0, 0.1) is 0 Å². The Morgan fingerprint density at radius 1 is 1.47 bits per heavy atom. The van der Waals surface area contributed by atoms with Crippen LogP contribution in [0.15, 0.2) is 12.2 Å². The Morgan fingerprint density at radius 3 is 2.27 bits per heavy atom. The van der Waals surface area contributed by atoms with Gasteiger partial charge in [-0.2, -0.15) is 0 Å². The molecule has 0 aromatic carbocycles. The fraction of sp³-hybridized carbons (Fsp3) is 0.700. The second-order valence-corrected chi connectivity index (χ2v) is 4.44. The van der Waals surface area contributed by atoms with Crippen LogP contribution in [0.2, 0.25) is 0 Å². The number of ether oxygens (including phenoxy) is 1. The largest absolute Gasteiger partial charge is 1.00 e. The monoisotopic (exact) mass is 281 g/mol. The molecule has 90 valence electrons. The van der Waals surface area contributed by atoms with Gasteiger partial charge in [-0.25, -0.2) is 4.79 Å². The van der Waals surface area contributed by atoms with Gasteiger partial charge in [0, 0.05) is 5.57 Å². The Labute approximate surface area is 102 Å². The fourth-order valence-electron chi connectivity index (χ4n) is 0.781. The smallest absolute Gasteiger partial charge is 0.335 e. The molecule has 0 aliphatic rings. The van der Waals surface area contributed by atoms with Gasteiger partial charge in [0.05, 0.1) is 34.1 Å². The number of carbonyl (C=O) groups is 1. The van der Waals surface area contributed by atoms with E-state index in [9.17, 15) is 9.90 Å². The SMILES string of the molecule is C=C(C)C(=O)OC(O)CC[N+](C)(C)C.[Br-]. The van der Waals surface area contributed by atoms with E-state index in [0.29, 0.717) is 12.0 Å². The first-order valence-electron chi connectivity index (χ1n) is 4.57. The van der Waals surface area contributed by atoms with E-state index < -0.39 is 12.3 Å². The van der Waals surface area contributed by atoms with Crippen molar-refractivity contribution in [2.24, 2.45) is 0 Å². The van der Waals surface area contributed by atoms with Crippen molar-refractivity contribution < 1.29 is 36.1 Å². The molecule has 0 bridgehead atoms. The zero-order valence-corrected chi connectivity index (χ0v) is 11.4. The van der Waals surface area contributed by atoms with Crippen LogP contribution in [0.5, 0.6) is 0 Å². The predicted molar refractivity (Wildman–Crippen MR) is 54.4 cm³/mol. The lowest BCUT2D eigenvalue weighted by atomic mass is 10.3. The quantitative estimate of drug-likeness (QED) is 0.263.